The average molecular weight is 129 g/mol. The van der Waals surface area contributed by atoms with Crippen molar-refractivity contribution < 1.29 is 0 Å². The molecule has 0 saturated carbocycles. The van der Waals surface area contributed by atoms with Crippen LogP contribution in [0.15, 0.2) is 4.99 Å². The van der Waals surface area contributed by atoms with Crippen LogP contribution in [0, 0.1) is 0 Å². The van der Waals surface area contributed by atoms with Gasteiger partial charge in [-0.15, -0.1) is 0 Å². The van der Waals surface area contributed by atoms with Gasteiger partial charge in [-0.05, 0) is 6.92 Å². The predicted octanol–water partition coefficient (Wildman–Crippen LogP) is -0.162. The molecule has 0 amide bonds. The number of hydrogen-bond acceptors (Lipinski definition) is 4. The van der Waals surface area contributed by atoms with E-state index in [9.17, 15) is 0 Å². The minimum Gasteiger partial charge on any atom is -0.310 e. The van der Waals surface area contributed by atoms with Crippen LogP contribution in [0.25, 0.3) is 0 Å². The van der Waals surface area contributed by atoms with E-state index in [0.717, 1.165) is 0 Å². The van der Waals surface area contributed by atoms with Gasteiger partial charge in [0.15, 0.2) is 5.66 Å². The summed E-state index contributed by atoms with van der Waals surface area (Å²) in [5.41, 5.74) is 5.21. The fourth-order valence-corrected chi connectivity index (χ4v) is 0.557. The van der Waals surface area contributed by atoms with Crippen LogP contribution in [0.2, 0.25) is 0 Å². The summed E-state index contributed by atoms with van der Waals surface area (Å²) in [5.74, 6) is 0. The van der Waals surface area contributed by atoms with E-state index in [1.54, 1.807) is 11.7 Å². The fourth-order valence-electron chi connectivity index (χ4n) is 0.437. The number of nitrogens with zero attached hydrogens (tertiary/aromatic N) is 1. The predicted molar refractivity (Wildman–Crippen MR) is 36.8 cm³/mol. The average Bonchev–Trinajstić information content (AvgIpc) is 2.17. The van der Waals surface area contributed by atoms with Crippen LogP contribution in [0.1, 0.15) is 6.92 Å². The summed E-state index contributed by atoms with van der Waals surface area (Å²) in [5, 5.41) is 1.57. The van der Waals surface area contributed by atoms with Gasteiger partial charge in [-0.3, -0.25) is 0 Å². The highest BCUT2D eigenvalue weighted by atomic mass is 32.1. The van der Waals surface area contributed by atoms with Crippen molar-refractivity contribution in [2.24, 2.45) is 4.99 Å². The fraction of sp³-hybridized carbons (Fsp3) is 0.500. The van der Waals surface area contributed by atoms with E-state index in [0.29, 0.717) is 0 Å². The first-order valence-corrected chi connectivity index (χ1v) is 2.77. The Morgan fingerprint density at radius 3 is 2.88 bits per heavy atom. The molecule has 0 aromatic rings. The molecule has 0 radical (unpaired) electrons. The van der Waals surface area contributed by atoms with Crippen LogP contribution in [0.3, 0.4) is 0 Å². The first-order valence-electron chi connectivity index (χ1n) is 2.29. The van der Waals surface area contributed by atoms with Crippen LogP contribution in [0.4, 0.5) is 0 Å². The lowest BCUT2D eigenvalue weighted by Gasteiger charge is -2.12. The van der Waals surface area contributed by atoms with Crippen molar-refractivity contribution in [2.45, 2.75) is 12.6 Å². The van der Waals surface area contributed by atoms with Crippen molar-refractivity contribution in [3.8, 4) is 0 Å². The van der Waals surface area contributed by atoms with Gasteiger partial charge >= 0.3 is 0 Å². The molecule has 0 bridgehead atoms. The molecule has 1 heterocycles. The minimum absolute atomic E-state index is 0.366. The Hall–Kier alpha value is -0.480. The largest absolute Gasteiger partial charge is 0.310 e. The summed E-state index contributed by atoms with van der Waals surface area (Å²) < 4.78 is 0. The third-order valence-corrected chi connectivity index (χ3v) is 1.41. The molecule has 4 heteroatoms. The number of hydrazine groups is 1. The molecule has 0 spiro atoms. The maximum atomic E-state index is 4.68. The maximum absolute atomic E-state index is 4.68. The second kappa shape index (κ2) is 1.80. The molecular weight excluding hydrogens is 122 g/mol. The lowest BCUT2D eigenvalue weighted by Crippen LogP contribution is -2.42. The molecule has 2 N–H and O–H groups in total. The maximum Gasteiger partial charge on any atom is 0.154 e. The molecule has 8 heavy (non-hydrogen) atoms. The van der Waals surface area contributed by atoms with Crippen molar-refractivity contribution >= 4 is 23.9 Å². The van der Waals surface area contributed by atoms with Gasteiger partial charge in [0.1, 0.15) is 0 Å². The third kappa shape index (κ3) is 0.850. The van der Waals surface area contributed by atoms with E-state index < -0.39 is 0 Å². The van der Waals surface area contributed by atoms with Crippen LogP contribution in [-0.2, 0) is 0 Å². The van der Waals surface area contributed by atoms with E-state index in [1.165, 1.54) is 0 Å². The van der Waals surface area contributed by atoms with Crippen molar-refractivity contribution in [1.82, 2.24) is 10.9 Å². The number of rotatable bonds is 1. The summed E-state index contributed by atoms with van der Waals surface area (Å²) in [6.45, 7) is 1.89. The van der Waals surface area contributed by atoms with Gasteiger partial charge in [-0.1, -0.05) is 12.2 Å². The van der Waals surface area contributed by atoms with E-state index in [2.05, 4.69) is 28.1 Å². The van der Waals surface area contributed by atoms with Crippen LogP contribution < -0.4 is 10.9 Å². The number of hydrogen-bond donors (Lipinski definition) is 2. The lowest BCUT2D eigenvalue weighted by molar-refractivity contribution is 0.517. The molecule has 0 saturated heterocycles. The summed E-state index contributed by atoms with van der Waals surface area (Å²) in [6, 6.07) is 0. The first kappa shape index (κ1) is 5.65. The standard InChI is InChI=1S/C4H7N3S/c1-4(2-8)5-3-6-7-4/h2-3,7H,1H3,(H,5,6). The Bertz CT molecular complexity index is 133. The Morgan fingerprint density at radius 2 is 2.62 bits per heavy atom. The molecule has 3 nitrogen and oxygen atoms in total. The zero-order valence-electron chi connectivity index (χ0n) is 4.51. The number of thiocarbonyl (C=S) groups is 1. The van der Waals surface area contributed by atoms with E-state index >= 15 is 0 Å². The normalized spacial score (nSPS) is 34.6. The third-order valence-electron chi connectivity index (χ3n) is 0.952. The van der Waals surface area contributed by atoms with Crippen molar-refractivity contribution in [1.29, 1.82) is 0 Å². The highest BCUT2D eigenvalue weighted by Gasteiger charge is 2.20. The molecule has 0 aromatic carbocycles. The van der Waals surface area contributed by atoms with E-state index in [1.807, 2.05) is 6.92 Å². The zero-order chi connectivity index (χ0) is 6.04. The molecule has 1 unspecified atom stereocenters. The smallest absolute Gasteiger partial charge is 0.154 e. The Morgan fingerprint density at radius 1 is 1.88 bits per heavy atom. The minimum atomic E-state index is -0.366. The molecule has 1 aliphatic rings. The second-order valence-electron chi connectivity index (χ2n) is 1.79. The van der Waals surface area contributed by atoms with Gasteiger partial charge in [-0.25, -0.2) is 10.4 Å². The molecule has 0 aromatic heterocycles. The summed E-state index contributed by atoms with van der Waals surface area (Å²) >= 11 is 4.68. The SMILES string of the molecule is CC1(C=S)N=CNN1. The van der Waals surface area contributed by atoms with Gasteiger partial charge in [0.2, 0.25) is 0 Å². The quantitative estimate of drug-likeness (QED) is 0.483. The molecule has 0 fully saturated rings. The van der Waals surface area contributed by atoms with Crippen LogP contribution in [0.5, 0.6) is 0 Å². The molecule has 1 aliphatic heterocycles. The molecule has 1 rings (SSSR count). The van der Waals surface area contributed by atoms with Crippen LogP contribution >= 0.6 is 12.2 Å². The van der Waals surface area contributed by atoms with Gasteiger partial charge in [-0.2, -0.15) is 0 Å². The Kier molecular flexibility index (Phi) is 1.27. The Labute approximate surface area is 53.2 Å². The van der Waals surface area contributed by atoms with Gasteiger partial charge in [0.25, 0.3) is 0 Å². The highest BCUT2D eigenvalue weighted by Crippen LogP contribution is 2.01. The van der Waals surface area contributed by atoms with Gasteiger partial charge in [0, 0.05) is 5.37 Å². The van der Waals surface area contributed by atoms with Crippen molar-refractivity contribution in [3.63, 3.8) is 0 Å². The van der Waals surface area contributed by atoms with E-state index in [-0.39, 0.29) is 5.66 Å². The zero-order valence-corrected chi connectivity index (χ0v) is 5.33. The molecule has 44 valence electrons. The Balaban J connectivity index is 2.67. The number of aliphatic imine (C=N–C) groups is 1. The monoisotopic (exact) mass is 129 g/mol. The number of nitrogens with one attached hydrogen (secondary N) is 2. The lowest BCUT2D eigenvalue weighted by atomic mass is 10.3. The van der Waals surface area contributed by atoms with Gasteiger partial charge in [0.05, 0.1) is 6.34 Å². The highest BCUT2D eigenvalue weighted by molar-refractivity contribution is 7.79. The second-order valence-corrected chi connectivity index (χ2v) is 2.03. The van der Waals surface area contributed by atoms with Crippen molar-refractivity contribution in [3.05, 3.63) is 0 Å². The van der Waals surface area contributed by atoms with Crippen LogP contribution in [-0.4, -0.2) is 17.4 Å². The summed E-state index contributed by atoms with van der Waals surface area (Å²) in [7, 11) is 0. The summed E-state index contributed by atoms with van der Waals surface area (Å²) in [4.78, 5) is 3.98. The topological polar surface area (TPSA) is 36.4 Å². The van der Waals surface area contributed by atoms with Crippen molar-refractivity contribution in [2.75, 3.05) is 0 Å². The first-order chi connectivity index (χ1) is 3.77. The summed E-state index contributed by atoms with van der Waals surface area (Å²) in [6.07, 6.45) is 1.59. The van der Waals surface area contributed by atoms with Gasteiger partial charge < -0.3 is 5.43 Å². The van der Waals surface area contributed by atoms with E-state index in [4.69, 9.17) is 0 Å². The molecular formula is C4H7N3S. The molecule has 1 atom stereocenters. The molecule has 0 aliphatic carbocycles.